The van der Waals surface area contributed by atoms with Gasteiger partial charge in [-0.3, -0.25) is 10.1 Å². The number of hydrogen-bond acceptors (Lipinski definition) is 3. The highest BCUT2D eigenvalue weighted by Crippen LogP contribution is 2.27. The topological polar surface area (TPSA) is 41.6 Å². The van der Waals surface area contributed by atoms with E-state index in [2.05, 4.69) is 15.2 Å². The van der Waals surface area contributed by atoms with Crippen LogP contribution in [0.5, 0.6) is 0 Å². The second-order valence-electron chi connectivity index (χ2n) is 2.67. The summed E-state index contributed by atoms with van der Waals surface area (Å²) in [5.74, 6) is 0. The first-order valence-electron chi connectivity index (χ1n) is 3.69. The van der Waals surface area contributed by atoms with Gasteiger partial charge < -0.3 is 0 Å². The molecular formula is C8H9N3S. The Balaban J connectivity index is 2.60. The van der Waals surface area contributed by atoms with E-state index in [4.69, 9.17) is 0 Å². The van der Waals surface area contributed by atoms with Crippen molar-refractivity contribution in [1.82, 2.24) is 15.2 Å². The molecule has 0 unspecified atom stereocenters. The molecule has 0 radical (unpaired) electrons. The molecule has 62 valence electrons. The number of nitrogens with zero attached hydrogens (tertiary/aromatic N) is 2. The van der Waals surface area contributed by atoms with Crippen LogP contribution in [0.3, 0.4) is 0 Å². The number of aromatic amines is 1. The molecule has 2 heterocycles. The van der Waals surface area contributed by atoms with Crippen molar-refractivity contribution in [3.8, 4) is 10.4 Å². The number of thiazole rings is 1. The predicted molar refractivity (Wildman–Crippen MR) is 49.2 cm³/mol. The predicted octanol–water partition coefficient (Wildman–Crippen LogP) is 2.15. The van der Waals surface area contributed by atoms with Crippen molar-refractivity contribution in [1.29, 1.82) is 0 Å². The number of rotatable bonds is 1. The number of aromatic nitrogens is 3. The molecule has 1 N–H and O–H groups in total. The average molecular weight is 179 g/mol. The van der Waals surface area contributed by atoms with Gasteiger partial charge in [0.1, 0.15) is 0 Å². The molecule has 0 spiro atoms. The highest BCUT2D eigenvalue weighted by Gasteiger charge is 2.09. The Kier molecular flexibility index (Phi) is 1.69. The lowest BCUT2D eigenvalue weighted by atomic mass is 10.2. The molecule has 0 aliphatic heterocycles. The van der Waals surface area contributed by atoms with Crippen LogP contribution in [0.15, 0.2) is 11.7 Å². The zero-order chi connectivity index (χ0) is 8.55. The minimum absolute atomic E-state index is 1.04. The van der Waals surface area contributed by atoms with Crippen LogP contribution >= 0.6 is 11.3 Å². The van der Waals surface area contributed by atoms with Gasteiger partial charge in [-0.25, -0.2) is 0 Å². The molecular weight excluding hydrogens is 170 g/mol. The summed E-state index contributed by atoms with van der Waals surface area (Å²) in [7, 11) is 0. The SMILES string of the molecule is Cc1n[nH]c(C)c1-c1cncs1. The summed E-state index contributed by atoms with van der Waals surface area (Å²) in [5, 5.41) is 7.08. The molecule has 0 saturated heterocycles. The molecule has 2 aromatic heterocycles. The summed E-state index contributed by atoms with van der Waals surface area (Å²) in [5.41, 5.74) is 5.17. The smallest absolute Gasteiger partial charge is 0.0798 e. The maximum absolute atomic E-state index is 4.13. The molecule has 2 rings (SSSR count). The Hall–Kier alpha value is -1.16. The van der Waals surface area contributed by atoms with Gasteiger partial charge in [-0.15, -0.1) is 11.3 Å². The molecule has 0 bridgehead atoms. The fourth-order valence-corrected chi connectivity index (χ4v) is 2.03. The molecule has 3 nitrogen and oxygen atoms in total. The fourth-order valence-electron chi connectivity index (χ4n) is 1.25. The zero-order valence-corrected chi connectivity index (χ0v) is 7.77. The lowest BCUT2D eigenvalue weighted by Crippen LogP contribution is -1.76. The highest BCUT2D eigenvalue weighted by molar-refractivity contribution is 7.13. The van der Waals surface area contributed by atoms with Crippen molar-refractivity contribution in [2.45, 2.75) is 13.8 Å². The monoisotopic (exact) mass is 179 g/mol. The van der Waals surface area contributed by atoms with Crippen molar-refractivity contribution < 1.29 is 0 Å². The lowest BCUT2D eigenvalue weighted by Gasteiger charge is -1.93. The van der Waals surface area contributed by atoms with Crippen molar-refractivity contribution in [2.24, 2.45) is 0 Å². The van der Waals surface area contributed by atoms with E-state index >= 15 is 0 Å². The first kappa shape index (κ1) is 7.49. The number of nitrogens with one attached hydrogen (secondary N) is 1. The number of H-pyrrole nitrogens is 1. The Bertz CT molecular complexity index is 355. The van der Waals surface area contributed by atoms with Gasteiger partial charge in [0.2, 0.25) is 0 Å². The van der Waals surface area contributed by atoms with Crippen LogP contribution in [-0.4, -0.2) is 15.2 Å². The Morgan fingerprint density at radius 2 is 2.25 bits per heavy atom. The summed E-state index contributed by atoms with van der Waals surface area (Å²) < 4.78 is 0. The van der Waals surface area contributed by atoms with E-state index < -0.39 is 0 Å². The van der Waals surface area contributed by atoms with Crippen LogP contribution in [-0.2, 0) is 0 Å². The van der Waals surface area contributed by atoms with Gasteiger partial charge >= 0.3 is 0 Å². The van der Waals surface area contributed by atoms with E-state index in [1.165, 1.54) is 10.4 Å². The van der Waals surface area contributed by atoms with Crippen molar-refractivity contribution in [3.05, 3.63) is 23.1 Å². The number of hydrogen-bond donors (Lipinski definition) is 1. The standard InChI is InChI=1S/C8H9N3S/c1-5-8(6(2)11-10-5)7-3-9-4-12-7/h3-4H,1-2H3,(H,10,11). The molecule has 0 aliphatic carbocycles. The van der Waals surface area contributed by atoms with E-state index in [0.29, 0.717) is 0 Å². The molecule has 12 heavy (non-hydrogen) atoms. The summed E-state index contributed by atoms with van der Waals surface area (Å²) in [6.45, 7) is 4.02. The van der Waals surface area contributed by atoms with Gasteiger partial charge in [-0.2, -0.15) is 5.10 Å². The van der Waals surface area contributed by atoms with Gasteiger partial charge in [0.05, 0.1) is 16.1 Å². The normalized spacial score (nSPS) is 10.5. The van der Waals surface area contributed by atoms with Crippen LogP contribution in [0.25, 0.3) is 10.4 Å². The fraction of sp³-hybridized carbons (Fsp3) is 0.250. The van der Waals surface area contributed by atoms with E-state index in [0.717, 1.165) is 11.4 Å². The second kappa shape index (κ2) is 2.71. The highest BCUT2D eigenvalue weighted by atomic mass is 32.1. The molecule has 0 aliphatic rings. The molecule has 0 fully saturated rings. The van der Waals surface area contributed by atoms with Crippen molar-refractivity contribution in [2.75, 3.05) is 0 Å². The van der Waals surface area contributed by atoms with Crippen molar-refractivity contribution >= 4 is 11.3 Å². The largest absolute Gasteiger partial charge is 0.282 e. The summed E-state index contributed by atoms with van der Waals surface area (Å²) >= 11 is 1.64. The molecule has 4 heteroatoms. The van der Waals surface area contributed by atoms with Gasteiger partial charge in [0.15, 0.2) is 0 Å². The van der Waals surface area contributed by atoms with E-state index in [-0.39, 0.29) is 0 Å². The average Bonchev–Trinajstić information content (AvgIpc) is 2.61. The zero-order valence-electron chi connectivity index (χ0n) is 6.96. The third-order valence-corrected chi connectivity index (χ3v) is 2.60. The molecule has 0 amide bonds. The molecule has 0 aromatic carbocycles. The Morgan fingerprint density at radius 1 is 1.42 bits per heavy atom. The Labute approximate surface area is 74.5 Å². The van der Waals surface area contributed by atoms with Crippen LogP contribution in [0, 0.1) is 13.8 Å². The maximum Gasteiger partial charge on any atom is 0.0798 e. The number of aryl methyl sites for hydroxylation is 2. The first-order chi connectivity index (χ1) is 5.79. The van der Waals surface area contributed by atoms with Gasteiger partial charge in [0.25, 0.3) is 0 Å². The minimum atomic E-state index is 1.04. The third-order valence-electron chi connectivity index (χ3n) is 1.81. The second-order valence-corrected chi connectivity index (χ2v) is 3.56. The van der Waals surface area contributed by atoms with Gasteiger partial charge in [-0.1, -0.05) is 0 Å². The maximum atomic E-state index is 4.13. The first-order valence-corrected chi connectivity index (χ1v) is 4.57. The van der Waals surface area contributed by atoms with Crippen molar-refractivity contribution in [3.63, 3.8) is 0 Å². The van der Waals surface area contributed by atoms with Crippen LogP contribution in [0.2, 0.25) is 0 Å². The summed E-state index contributed by atoms with van der Waals surface area (Å²) in [6.07, 6.45) is 1.87. The van der Waals surface area contributed by atoms with E-state index in [9.17, 15) is 0 Å². The summed E-state index contributed by atoms with van der Waals surface area (Å²) in [6, 6.07) is 0. The summed E-state index contributed by atoms with van der Waals surface area (Å²) in [4.78, 5) is 5.22. The van der Waals surface area contributed by atoms with Gasteiger partial charge in [0, 0.05) is 17.5 Å². The quantitative estimate of drug-likeness (QED) is 0.728. The van der Waals surface area contributed by atoms with E-state index in [1.54, 1.807) is 11.3 Å². The van der Waals surface area contributed by atoms with E-state index in [1.807, 2.05) is 25.6 Å². The molecule has 2 aromatic rings. The van der Waals surface area contributed by atoms with Gasteiger partial charge in [-0.05, 0) is 13.8 Å². The molecule has 0 atom stereocenters. The Morgan fingerprint density at radius 3 is 2.75 bits per heavy atom. The molecule has 0 saturated carbocycles. The minimum Gasteiger partial charge on any atom is -0.282 e. The lowest BCUT2D eigenvalue weighted by molar-refractivity contribution is 1.02. The van der Waals surface area contributed by atoms with Crippen LogP contribution in [0.1, 0.15) is 11.4 Å². The van der Waals surface area contributed by atoms with Crippen LogP contribution in [0.4, 0.5) is 0 Å². The van der Waals surface area contributed by atoms with Crippen LogP contribution < -0.4 is 0 Å². The third kappa shape index (κ3) is 1.04.